The smallest absolute Gasteiger partial charge is 0.228 e. The maximum atomic E-state index is 12.1. The number of fused-ring (bicyclic) bond motifs is 2. The van der Waals surface area contributed by atoms with Crippen molar-refractivity contribution < 1.29 is 9.53 Å². The average Bonchev–Trinajstić information content (AvgIpc) is 3.58. The summed E-state index contributed by atoms with van der Waals surface area (Å²) in [6, 6.07) is 4.59. The van der Waals surface area contributed by atoms with Gasteiger partial charge in [-0.3, -0.25) is 4.79 Å². The monoisotopic (exact) mass is 446 g/mol. The highest BCUT2D eigenvalue weighted by atomic mass is 16.5. The number of pyridine rings is 1. The summed E-state index contributed by atoms with van der Waals surface area (Å²) in [5.74, 6) is 1.39. The van der Waals surface area contributed by atoms with E-state index in [1.54, 1.807) is 11.6 Å². The van der Waals surface area contributed by atoms with Crippen LogP contribution in [-0.2, 0) is 4.79 Å². The van der Waals surface area contributed by atoms with Gasteiger partial charge in [-0.1, -0.05) is 0 Å². The topological polar surface area (TPSA) is 113 Å². The standard InChI is InChI=1S/C23H26N8O2/c1-33-22-20-17(14-4-9-18-25-13-26-31(18)12-14)11-24-21(20)28-23(29-22)27-15-5-7-16(8-6-15)30-10-2-3-19(30)32/h4,9,11-13,15-16H,2-3,5-8,10H2,1H3,(H2,24,27,28,29)/t15-,16+. The summed E-state index contributed by atoms with van der Waals surface area (Å²) in [6.45, 7) is 0.914. The molecule has 0 aromatic carbocycles. The van der Waals surface area contributed by atoms with E-state index in [1.807, 2.05) is 24.5 Å². The maximum Gasteiger partial charge on any atom is 0.228 e. The van der Waals surface area contributed by atoms with Crippen molar-refractivity contribution in [2.75, 3.05) is 19.0 Å². The fourth-order valence-corrected chi connectivity index (χ4v) is 5.19. The number of hydrogen-bond acceptors (Lipinski definition) is 7. The highest BCUT2D eigenvalue weighted by Crippen LogP contribution is 2.35. The molecular formula is C23H26N8O2. The molecule has 0 unspecified atom stereocenters. The molecule has 0 atom stereocenters. The van der Waals surface area contributed by atoms with Crippen LogP contribution in [-0.4, -0.2) is 66.1 Å². The number of H-pyrrole nitrogens is 1. The summed E-state index contributed by atoms with van der Waals surface area (Å²) < 4.78 is 7.40. The average molecular weight is 447 g/mol. The van der Waals surface area contributed by atoms with Gasteiger partial charge < -0.3 is 19.9 Å². The van der Waals surface area contributed by atoms with E-state index >= 15 is 0 Å². The number of ether oxygens (including phenoxy) is 1. The van der Waals surface area contributed by atoms with Crippen LogP contribution in [0.4, 0.5) is 5.95 Å². The van der Waals surface area contributed by atoms with E-state index in [0.717, 1.165) is 66.5 Å². The van der Waals surface area contributed by atoms with Gasteiger partial charge in [-0.25, -0.2) is 9.50 Å². The zero-order valence-corrected chi connectivity index (χ0v) is 18.5. The third-order valence-electron chi connectivity index (χ3n) is 6.86. The zero-order chi connectivity index (χ0) is 22.4. The van der Waals surface area contributed by atoms with Crippen molar-refractivity contribution in [2.45, 2.75) is 50.6 Å². The van der Waals surface area contributed by atoms with Crippen LogP contribution in [0.25, 0.3) is 27.8 Å². The van der Waals surface area contributed by atoms with Crippen molar-refractivity contribution in [3.05, 3.63) is 30.9 Å². The Balaban J connectivity index is 1.23. The number of aromatic nitrogens is 6. The third-order valence-corrected chi connectivity index (χ3v) is 6.86. The van der Waals surface area contributed by atoms with Crippen LogP contribution < -0.4 is 10.1 Å². The Morgan fingerprint density at radius 1 is 1.18 bits per heavy atom. The third kappa shape index (κ3) is 3.55. The van der Waals surface area contributed by atoms with Crippen LogP contribution in [0.5, 0.6) is 5.88 Å². The first-order chi connectivity index (χ1) is 16.2. The molecule has 4 aromatic rings. The van der Waals surface area contributed by atoms with E-state index in [0.29, 0.717) is 30.2 Å². The number of carbonyl (C=O) groups excluding carboxylic acids is 1. The van der Waals surface area contributed by atoms with Crippen LogP contribution in [0.1, 0.15) is 38.5 Å². The number of likely N-dealkylation sites (tertiary alicyclic amines) is 1. The van der Waals surface area contributed by atoms with E-state index in [9.17, 15) is 4.79 Å². The molecule has 0 radical (unpaired) electrons. The molecule has 5 heterocycles. The van der Waals surface area contributed by atoms with E-state index in [4.69, 9.17) is 9.72 Å². The SMILES string of the molecule is COc1nc(N[C@H]2CC[C@@H](N3CCCC3=O)CC2)nc2[nH]cc(-c3ccc4ncnn4c3)c12. The van der Waals surface area contributed by atoms with E-state index in [1.165, 1.54) is 6.33 Å². The Morgan fingerprint density at radius 3 is 2.85 bits per heavy atom. The number of rotatable bonds is 5. The van der Waals surface area contributed by atoms with E-state index in [-0.39, 0.29) is 6.04 Å². The highest BCUT2D eigenvalue weighted by Gasteiger charge is 2.31. The van der Waals surface area contributed by atoms with E-state index < -0.39 is 0 Å². The van der Waals surface area contributed by atoms with Crippen LogP contribution in [0, 0.1) is 0 Å². The molecule has 6 rings (SSSR count). The molecule has 4 aromatic heterocycles. The highest BCUT2D eigenvalue weighted by molar-refractivity contribution is 5.97. The first kappa shape index (κ1) is 20.0. The fourth-order valence-electron chi connectivity index (χ4n) is 5.19. The Morgan fingerprint density at radius 2 is 2.06 bits per heavy atom. The summed E-state index contributed by atoms with van der Waals surface area (Å²) >= 11 is 0. The molecule has 10 nitrogen and oxygen atoms in total. The molecule has 2 N–H and O–H groups in total. The zero-order valence-electron chi connectivity index (χ0n) is 18.5. The summed E-state index contributed by atoms with van der Waals surface area (Å²) in [7, 11) is 1.63. The molecule has 33 heavy (non-hydrogen) atoms. The van der Waals surface area contributed by atoms with Crippen molar-refractivity contribution in [2.24, 2.45) is 0 Å². The van der Waals surface area contributed by atoms with Crippen molar-refractivity contribution in [1.29, 1.82) is 0 Å². The Kier molecular flexibility index (Phi) is 4.85. The number of hydrogen-bond donors (Lipinski definition) is 2. The lowest BCUT2D eigenvalue weighted by molar-refractivity contribution is -0.130. The molecule has 10 heteroatoms. The molecule has 1 aliphatic heterocycles. The van der Waals surface area contributed by atoms with Gasteiger partial charge in [0.25, 0.3) is 0 Å². The number of nitrogens with zero attached hydrogens (tertiary/aromatic N) is 6. The van der Waals surface area contributed by atoms with Gasteiger partial charge in [-0.15, -0.1) is 0 Å². The fraction of sp³-hybridized carbons (Fsp3) is 0.435. The Hall–Kier alpha value is -3.69. The van der Waals surface area contributed by atoms with Gasteiger partial charge in [0.1, 0.15) is 12.0 Å². The molecule has 0 bridgehead atoms. The molecule has 0 spiro atoms. The second kappa shape index (κ2) is 8.02. The lowest BCUT2D eigenvalue weighted by Crippen LogP contribution is -2.41. The van der Waals surface area contributed by atoms with Crippen molar-refractivity contribution in [3.8, 4) is 17.0 Å². The lowest BCUT2D eigenvalue weighted by atomic mass is 9.90. The van der Waals surface area contributed by atoms with Gasteiger partial charge in [0.15, 0.2) is 5.65 Å². The molecule has 1 saturated heterocycles. The first-order valence-electron chi connectivity index (χ1n) is 11.5. The lowest BCUT2D eigenvalue weighted by Gasteiger charge is -2.34. The molecule has 2 aliphatic rings. The normalized spacial score (nSPS) is 21.2. The number of nitrogens with one attached hydrogen (secondary N) is 2. The molecule has 1 aliphatic carbocycles. The summed E-state index contributed by atoms with van der Waals surface area (Å²) in [6.07, 6.45) is 11.1. The molecule has 1 saturated carbocycles. The number of amides is 1. The van der Waals surface area contributed by atoms with Crippen LogP contribution in [0.2, 0.25) is 0 Å². The van der Waals surface area contributed by atoms with Crippen LogP contribution >= 0.6 is 0 Å². The maximum absolute atomic E-state index is 12.1. The first-order valence-corrected chi connectivity index (χ1v) is 11.5. The van der Waals surface area contributed by atoms with Crippen molar-refractivity contribution in [3.63, 3.8) is 0 Å². The number of methoxy groups -OCH3 is 1. The largest absolute Gasteiger partial charge is 0.480 e. The number of aromatic amines is 1. The summed E-state index contributed by atoms with van der Waals surface area (Å²) in [5, 5.41) is 8.55. The minimum atomic E-state index is 0.283. The van der Waals surface area contributed by atoms with Gasteiger partial charge in [-0.2, -0.15) is 15.1 Å². The molecular weight excluding hydrogens is 420 g/mol. The van der Waals surface area contributed by atoms with Gasteiger partial charge >= 0.3 is 0 Å². The van der Waals surface area contributed by atoms with Crippen molar-refractivity contribution >= 4 is 28.5 Å². The Labute approximate surface area is 190 Å². The quantitative estimate of drug-likeness (QED) is 0.484. The van der Waals surface area contributed by atoms with Gasteiger partial charge in [0.2, 0.25) is 17.7 Å². The molecule has 1 amide bonds. The minimum absolute atomic E-state index is 0.283. The predicted octanol–water partition coefficient (Wildman–Crippen LogP) is 3.02. The second-order valence-electron chi connectivity index (χ2n) is 8.80. The summed E-state index contributed by atoms with van der Waals surface area (Å²) in [5.41, 5.74) is 3.42. The molecule has 170 valence electrons. The minimum Gasteiger partial charge on any atom is -0.480 e. The van der Waals surface area contributed by atoms with Gasteiger partial charge in [0, 0.05) is 48.6 Å². The molecule has 2 fully saturated rings. The number of carbonyl (C=O) groups is 1. The van der Waals surface area contributed by atoms with E-state index in [2.05, 4.69) is 30.3 Å². The van der Waals surface area contributed by atoms with Crippen LogP contribution in [0.15, 0.2) is 30.9 Å². The predicted molar refractivity (Wildman–Crippen MR) is 123 cm³/mol. The van der Waals surface area contributed by atoms with Crippen LogP contribution in [0.3, 0.4) is 0 Å². The van der Waals surface area contributed by atoms with Gasteiger partial charge in [0.05, 0.1) is 12.5 Å². The number of anilines is 1. The van der Waals surface area contributed by atoms with Gasteiger partial charge in [-0.05, 0) is 44.2 Å². The second-order valence-corrected chi connectivity index (χ2v) is 8.80. The van der Waals surface area contributed by atoms with Crippen molar-refractivity contribution in [1.82, 2.24) is 34.4 Å². The summed E-state index contributed by atoms with van der Waals surface area (Å²) in [4.78, 5) is 31.0. The Bertz CT molecular complexity index is 1320.